The Bertz CT molecular complexity index is 227. The summed E-state index contributed by atoms with van der Waals surface area (Å²) in [6.45, 7) is 9.44. The highest BCUT2D eigenvalue weighted by atomic mass is 28.3. The van der Waals surface area contributed by atoms with E-state index in [0.717, 1.165) is 0 Å². The van der Waals surface area contributed by atoms with Crippen molar-refractivity contribution in [3.63, 3.8) is 0 Å². The molecule has 12 heavy (non-hydrogen) atoms. The van der Waals surface area contributed by atoms with E-state index in [1.807, 2.05) is 12.1 Å². The molecule has 0 N–H and O–H groups in total. The lowest BCUT2D eigenvalue weighted by atomic mass is 10.4. The zero-order valence-electron chi connectivity index (χ0n) is 8.31. The van der Waals surface area contributed by atoms with Gasteiger partial charge >= 0.3 is 0 Å². The van der Waals surface area contributed by atoms with Crippen LogP contribution in [0.4, 0.5) is 0 Å². The van der Waals surface area contributed by atoms with E-state index in [2.05, 4.69) is 38.3 Å². The van der Waals surface area contributed by atoms with Crippen molar-refractivity contribution in [2.45, 2.75) is 26.2 Å². The molecule has 0 saturated carbocycles. The SMILES string of the molecule is C[SiH](C)c1[c]cc[c]c1[SiH](C)C. The molecule has 0 aliphatic carbocycles. The molecule has 0 atom stereocenters. The molecule has 0 heterocycles. The molecular formula is C10H16Si2. The first-order valence-corrected chi connectivity index (χ1v) is 10.3. The Morgan fingerprint density at radius 1 is 0.833 bits per heavy atom. The van der Waals surface area contributed by atoms with Gasteiger partial charge in [0.05, 0.1) is 17.6 Å². The summed E-state index contributed by atoms with van der Waals surface area (Å²) in [5.41, 5.74) is 0. The smallest absolute Gasteiger partial charge is 0.0654 e. The lowest BCUT2D eigenvalue weighted by Crippen LogP contribution is -2.44. The summed E-state index contributed by atoms with van der Waals surface area (Å²) in [5, 5.41) is 3.03. The van der Waals surface area contributed by atoms with Crippen LogP contribution in [0.5, 0.6) is 0 Å². The minimum absolute atomic E-state index is 0.676. The van der Waals surface area contributed by atoms with Crippen LogP contribution in [0.2, 0.25) is 26.2 Å². The molecule has 0 aliphatic heterocycles. The van der Waals surface area contributed by atoms with Crippen molar-refractivity contribution in [1.82, 2.24) is 0 Å². The molecule has 1 aromatic carbocycles. The van der Waals surface area contributed by atoms with Gasteiger partial charge in [0.2, 0.25) is 0 Å². The van der Waals surface area contributed by atoms with Gasteiger partial charge in [-0.15, -0.1) is 0 Å². The predicted molar refractivity (Wildman–Crippen MR) is 61.1 cm³/mol. The Hall–Kier alpha value is -0.346. The number of hydrogen-bond acceptors (Lipinski definition) is 0. The molecule has 2 heteroatoms. The third-order valence-corrected chi connectivity index (χ3v) is 5.60. The topological polar surface area (TPSA) is 0 Å². The van der Waals surface area contributed by atoms with Crippen LogP contribution in [0.25, 0.3) is 0 Å². The van der Waals surface area contributed by atoms with Crippen molar-refractivity contribution < 1.29 is 0 Å². The van der Waals surface area contributed by atoms with E-state index >= 15 is 0 Å². The third kappa shape index (κ3) is 2.08. The second-order valence-electron chi connectivity index (χ2n) is 3.76. The summed E-state index contributed by atoms with van der Waals surface area (Å²) in [6, 6.07) is 10.8. The maximum absolute atomic E-state index is 3.38. The molecule has 0 aromatic heterocycles. The van der Waals surface area contributed by atoms with Crippen LogP contribution in [-0.4, -0.2) is 17.6 Å². The van der Waals surface area contributed by atoms with E-state index < -0.39 is 17.6 Å². The van der Waals surface area contributed by atoms with E-state index in [1.54, 1.807) is 0 Å². The summed E-state index contributed by atoms with van der Waals surface area (Å²) in [7, 11) is -1.35. The summed E-state index contributed by atoms with van der Waals surface area (Å²) < 4.78 is 0. The number of rotatable bonds is 2. The quantitative estimate of drug-likeness (QED) is 0.605. The molecule has 0 aliphatic rings. The highest BCUT2D eigenvalue weighted by Gasteiger charge is 2.10. The van der Waals surface area contributed by atoms with Gasteiger partial charge in [-0.3, -0.25) is 0 Å². The van der Waals surface area contributed by atoms with Gasteiger partial charge in [0.1, 0.15) is 0 Å². The van der Waals surface area contributed by atoms with Crippen molar-refractivity contribution in [2.75, 3.05) is 0 Å². The Morgan fingerprint density at radius 3 is 1.42 bits per heavy atom. The summed E-state index contributed by atoms with van der Waals surface area (Å²) in [6.07, 6.45) is 0. The van der Waals surface area contributed by atoms with Crippen LogP contribution in [0.1, 0.15) is 0 Å². The Balaban J connectivity index is 3.09. The fraction of sp³-hybridized carbons (Fsp3) is 0.400. The van der Waals surface area contributed by atoms with Gasteiger partial charge in [-0.05, 0) is 12.1 Å². The fourth-order valence-electron chi connectivity index (χ4n) is 1.37. The van der Waals surface area contributed by atoms with E-state index in [1.165, 1.54) is 10.4 Å². The normalized spacial score (nSPS) is 11.2. The van der Waals surface area contributed by atoms with Gasteiger partial charge in [-0.2, -0.15) is 0 Å². The van der Waals surface area contributed by atoms with E-state index in [4.69, 9.17) is 0 Å². The van der Waals surface area contributed by atoms with Crippen LogP contribution in [0.3, 0.4) is 0 Å². The third-order valence-electron chi connectivity index (χ3n) is 2.01. The molecule has 0 amide bonds. The second-order valence-corrected chi connectivity index (χ2v) is 9.53. The molecule has 0 fully saturated rings. The predicted octanol–water partition coefficient (Wildman–Crippen LogP) is 0.674. The zero-order valence-corrected chi connectivity index (χ0v) is 10.6. The lowest BCUT2D eigenvalue weighted by Gasteiger charge is -2.12. The van der Waals surface area contributed by atoms with Crippen molar-refractivity contribution in [3.05, 3.63) is 24.3 Å². The van der Waals surface area contributed by atoms with Gasteiger partial charge in [0.15, 0.2) is 0 Å². The van der Waals surface area contributed by atoms with Crippen molar-refractivity contribution in [1.29, 1.82) is 0 Å². The Kier molecular flexibility index (Phi) is 3.29. The van der Waals surface area contributed by atoms with Crippen molar-refractivity contribution in [2.24, 2.45) is 0 Å². The highest BCUT2D eigenvalue weighted by molar-refractivity contribution is 6.81. The maximum Gasteiger partial charge on any atom is 0.0654 e. The van der Waals surface area contributed by atoms with Crippen molar-refractivity contribution >= 4 is 28.0 Å². The molecule has 0 spiro atoms. The molecule has 1 rings (SSSR count). The summed E-state index contributed by atoms with van der Waals surface area (Å²) >= 11 is 0. The van der Waals surface area contributed by atoms with Crippen LogP contribution in [0, 0.1) is 12.1 Å². The van der Waals surface area contributed by atoms with Gasteiger partial charge in [-0.25, -0.2) is 0 Å². The Labute approximate surface area is 78.8 Å². The first kappa shape index (κ1) is 9.74. The minimum atomic E-state index is -0.676. The van der Waals surface area contributed by atoms with Crippen molar-refractivity contribution in [3.8, 4) is 0 Å². The largest absolute Gasteiger partial charge is 0.0682 e. The first-order valence-electron chi connectivity index (χ1n) is 4.55. The zero-order chi connectivity index (χ0) is 9.14. The van der Waals surface area contributed by atoms with E-state index in [9.17, 15) is 0 Å². The van der Waals surface area contributed by atoms with Crippen LogP contribution >= 0.6 is 0 Å². The monoisotopic (exact) mass is 192 g/mol. The average molecular weight is 192 g/mol. The first-order chi connectivity index (χ1) is 5.63. The minimum Gasteiger partial charge on any atom is -0.0682 e. The molecule has 0 nitrogen and oxygen atoms in total. The van der Waals surface area contributed by atoms with E-state index in [-0.39, 0.29) is 0 Å². The van der Waals surface area contributed by atoms with Gasteiger partial charge in [0, 0.05) is 0 Å². The number of hydrogen-bond donors (Lipinski definition) is 0. The molecular weight excluding hydrogens is 176 g/mol. The molecule has 64 valence electrons. The van der Waals surface area contributed by atoms with Gasteiger partial charge in [0.25, 0.3) is 0 Å². The van der Waals surface area contributed by atoms with Crippen LogP contribution < -0.4 is 10.4 Å². The highest BCUT2D eigenvalue weighted by Crippen LogP contribution is 1.88. The molecule has 0 saturated heterocycles. The lowest BCUT2D eigenvalue weighted by molar-refractivity contribution is 1.73. The Morgan fingerprint density at radius 2 is 1.17 bits per heavy atom. The fourth-order valence-corrected chi connectivity index (χ4v) is 5.64. The van der Waals surface area contributed by atoms with Gasteiger partial charge in [-0.1, -0.05) is 48.7 Å². The van der Waals surface area contributed by atoms with Crippen LogP contribution in [0.15, 0.2) is 12.1 Å². The van der Waals surface area contributed by atoms with Crippen LogP contribution in [-0.2, 0) is 0 Å². The summed E-state index contributed by atoms with van der Waals surface area (Å²) in [5.74, 6) is 0. The standard InChI is InChI=1S/C10H16Si2/c1-11(2)9-7-5-6-8-10(9)12(3)4/h5-6,11-12H,1-4H3. The molecule has 2 radical (unpaired) electrons. The second kappa shape index (κ2) is 4.05. The maximum atomic E-state index is 3.38. The molecule has 0 unspecified atom stereocenters. The molecule has 1 aromatic rings. The summed E-state index contributed by atoms with van der Waals surface area (Å²) in [4.78, 5) is 0. The van der Waals surface area contributed by atoms with E-state index in [0.29, 0.717) is 0 Å². The average Bonchev–Trinajstić information content (AvgIpc) is 2.04. The number of benzene rings is 1. The van der Waals surface area contributed by atoms with Gasteiger partial charge < -0.3 is 0 Å². The molecule has 0 bridgehead atoms.